The third kappa shape index (κ3) is 3.40. The van der Waals surface area contributed by atoms with Crippen molar-refractivity contribution in [3.63, 3.8) is 0 Å². The van der Waals surface area contributed by atoms with Crippen LogP contribution in [0.25, 0.3) is 11.1 Å². The van der Waals surface area contributed by atoms with Crippen molar-refractivity contribution in [3.8, 4) is 11.1 Å². The Morgan fingerprint density at radius 1 is 1.17 bits per heavy atom. The van der Waals surface area contributed by atoms with Crippen molar-refractivity contribution in [1.29, 1.82) is 0 Å². The first-order chi connectivity index (χ1) is 11.1. The van der Waals surface area contributed by atoms with Gasteiger partial charge in [-0.15, -0.1) is 11.3 Å². The summed E-state index contributed by atoms with van der Waals surface area (Å²) in [5, 5.41) is 5.82. The third-order valence-corrected chi connectivity index (χ3v) is 4.31. The summed E-state index contributed by atoms with van der Waals surface area (Å²) in [5.41, 5.74) is 5.17. The van der Waals surface area contributed by atoms with Gasteiger partial charge >= 0.3 is 0 Å². The highest BCUT2D eigenvalue weighted by Gasteiger charge is 2.16. The van der Waals surface area contributed by atoms with Gasteiger partial charge in [0.1, 0.15) is 11.5 Å². The summed E-state index contributed by atoms with van der Waals surface area (Å²) in [5.74, 6) is 1.18. The van der Waals surface area contributed by atoms with Crippen molar-refractivity contribution in [1.82, 2.24) is 5.43 Å². The summed E-state index contributed by atoms with van der Waals surface area (Å²) in [7, 11) is 0. The number of hydrazone groups is 1. The fraction of sp³-hybridized carbons (Fsp3) is 0.111. The van der Waals surface area contributed by atoms with E-state index >= 15 is 0 Å². The van der Waals surface area contributed by atoms with E-state index in [0.717, 1.165) is 21.8 Å². The maximum atomic E-state index is 12.4. The topological polar surface area (TPSA) is 54.6 Å². The molecule has 3 rings (SSSR count). The highest BCUT2D eigenvalue weighted by atomic mass is 32.1. The first kappa shape index (κ1) is 15.2. The molecular weight excluding hydrogens is 308 g/mol. The van der Waals surface area contributed by atoms with Gasteiger partial charge in [0, 0.05) is 15.8 Å². The Bertz CT molecular complexity index is 847. The Morgan fingerprint density at radius 2 is 1.96 bits per heavy atom. The Hall–Kier alpha value is -2.66. The second-order valence-electron chi connectivity index (χ2n) is 5.09. The van der Waals surface area contributed by atoms with E-state index in [1.54, 1.807) is 17.4 Å². The molecule has 0 bridgehead atoms. The van der Waals surface area contributed by atoms with Crippen LogP contribution in [0.4, 0.5) is 0 Å². The molecule has 0 saturated carbocycles. The highest BCUT2D eigenvalue weighted by Crippen LogP contribution is 2.32. The SMILES string of the molecule is Cc1ccc(C=NNC(=O)c2csc(C)c2-c2ccccc2)o1. The summed E-state index contributed by atoms with van der Waals surface area (Å²) in [4.78, 5) is 13.5. The summed E-state index contributed by atoms with van der Waals surface area (Å²) < 4.78 is 5.37. The number of nitrogens with one attached hydrogen (secondary N) is 1. The monoisotopic (exact) mass is 324 g/mol. The predicted molar refractivity (Wildman–Crippen MR) is 93.0 cm³/mol. The molecule has 0 aliphatic heterocycles. The molecule has 0 fully saturated rings. The number of nitrogens with zero attached hydrogens (tertiary/aromatic N) is 1. The van der Waals surface area contributed by atoms with Gasteiger partial charge in [-0.1, -0.05) is 30.3 Å². The number of aryl methyl sites for hydroxylation is 2. The van der Waals surface area contributed by atoms with Crippen molar-refractivity contribution in [2.24, 2.45) is 5.10 Å². The Kier molecular flexibility index (Phi) is 4.39. The summed E-state index contributed by atoms with van der Waals surface area (Å²) >= 11 is 1.56. The zero-order valence-corrected chi connectivity index (χ0v) is 13.7. The van der Waals surface area contributed by atoms with Gasteiger partial charge in [-0.05, 0) is 31.5 Å². The van der Waals surface area contributed by atoms with Crippen LogP contribution in [-0.2, 0) is 0 Å². The molecule has 1 amide bonds. The van der Waals surface area contributed by atoms with E-state index in [-0.39, 0.29) is 5.91 Å². The predicted octanol–water partition coefficient (Wildman–Crippen LogP) is 4.39. The molecule has 5 heteroatoms. The van der Waals surface area contributed by atoms with Crippen molar-refractivity contribution < 1.29 is 9.21 Å². The normalized spacial score (nSPS) is 11.0. The fourth-order valence-electron chi connectivity index (χ4n) is 2.32. The van der Waals surface area contributed by atoms with Gasteiger partial charge in [-0.3, -0.25) is 4.79 Å². The summed E-state index contributed by atoms with van der Waals surface area (Å²) in [6.07, 6.45) is 1.49. The Balaban J connectivity index is 1.79. The number of thiophene rings is 1. The molecule has 0 aliphatic rings. The lowest BCUT2D eigenvalue weighted by atomic mass is 10.0. The minimum Gasteiger partial charge on any atom is -0.460 e. The zero-order valence-electron chi connectivity index (χ0n) is 12.9. The quantitative estimate of drug-likeness (QED) is 0.571. The molecule has 23 heavy (non-hydrogen) atoms. The number of carbonyl (C=O) groups excluding carboxylic acids is 1. The molecule has 116 valence electrons. The molecule has 0 spiro atoms. The van der Waals surface area contributed by atoms with Crippen molar-refractivity contribution in [2.45, 2.75) is 13.8 Å². The fourth-order valence-corrected chi connectivity index (χ4v) is 3.19. The smallest absolute Gasteiger partial charge is 0.272 e. The average Bonchev–Trinajstić information content (AvgIpc) is 3.14. The Morgan fingerprint density at radius 3 is 2.65 bits per heavy atom. The lowest BCUT2D eigenvalue weighted by Gasteiger charge is -2.05. The lowest BCUT2D eigenvalue weighted by Crippen LogP contribution is -2.17. The maximum absolute atomic E-state index is 12.4. The van der Waals surface area contributed by atoms with Crippen LogP contribution >= 0.6 is 11.3 Å². The number of furan rings is 1. The summed E-state index contributed by atoms with van der Waals surface area (Å²) in [6.45, 7) is 3.87. The van der Waals surface area contributed by atoms with Crippen LogP contribution in [0.3, 0.4) is 0 Å². The molecule has 2 aromatic heterocycles. The van der Waals surface area contributed by atoms with Crippen LogP contribution < -0.4 is 5.43 Å². The van der Waals surface area contributed by atoms with Crippen LogP contribution in [0.15, 0.2) is 57.4 Å². The van der Waals surface area contributed by atoms with Crippen LogP contribution in [0.1, 0.15) is 26.8 Å². The van der Waals surface area contributed by atoms with Gasteiger partial charge in [0.15, 0.2) is 0 Å². The molecule has 0 aliphatic carbocycles. The van der Waals surface area contributed by atoms with Gasteiger partial charge in [0.25, 0.3) is 5.91 Å². The van der Waals surface area contributed by atoms with Gasteiger partial charge < -0.3 is 4.42 Å². The van der Waals surface area contributed by atoms with Gasteiger partial charge in [0.05, 0.1) is 11.8 Å². The average molecular weight is 324 g/mol. The van der Waals surface area contributed by atoms with Crippen LogP contribution in [-0.4, -0.2) is 12.1 Å². The molecule has 1 aromatic carbocycles. The molecule has 4 nitrogen and oxygen atoms in total. The first-order valence-corrected chi connectivity index (χ1v) is 8.06. The van der Waals surface area contributed by atoms with E-state index in [1.165, 1.54) is 6.21 Å². The molecule has 0 unspecified atom stereocenters. The molecule has 0 saturated heterocycles. The van der Waals surface area contributed by atoms with Gasteiger partial charge in [-0.25, -0.2) is 5.43 Å². The number of carbonyl (C=O) groups is 1. The van der Waals surface area contributed by atoms with Crippen LogP contribution in [0.2, 0.25) is 0 Å². The van der Waals surface area contributed by atoms with E-state index in [4.69, 9.17) is 4.42 Å². The maximum Gasteiger partial charge on any atom is 0.272 e. The Labute approximate surface area is 138 Å². The molecule has 1 N–H and O–H groups in total. The summed E-state index contributed by atoms with van der Waals surface area (Å²) in [6, 6.07) is 13.5. The minimum atomic E-state index is -0.229. The van der Waals surface area contributed by atoms with Crippen LogP contribution in [0, 0.1) is 13.8 Å². The molecular formula is C18H16N2O2S. The lowest BCUT2D eigenvalue weighted by molar-refractivity contribution is 0.0956. The van der Waals surface area contributed by atoms with E-state index < -0.39 is 0 Å². The molecule has 3 aromatic rings. The second-order valence-corrected chi connectivity index (χ2v) is 6.18. The van der Waals surface area contributed by atoms with E-state index in [0.29, 0.717) is 11.3 Å². The number of amides is 1. The standard InChI is InChI=1S/C18H16N2O2S/c1-12-8-9-15(22-12)10-19-20-18(21)16-11-23-13(2)17(16)14-6-4-3-5-7-14/h3-11H,1-2H3,(H,20,21). The van der Waals surface area contributed by atoms with Crippen molar-refractivity contribution in [2.75, 3.05) is 0 Å². The van der Waals surface area contributed by atoms with Gasteiger partial charge in [-0.2, -0.15) is 5.10 Å². The van der Waals surface area contributed by atoms with E-state index in [9.17, 15) is 4.79 Å². The number of hydrogen-bond acceptors (Lipinski definition) is 4. The van der Waals surface area contributed by atoms with Gasteiger partial charge in [0.2, 0.25) is 0 Å². The molecule has 2 heterocycles. The van der Waals surface area contributed by atoms with E-state index in [2.05, 4.69) is 10.5 Å². The number of rotatable bonds is 4. The second kappa shape index (κ2) is 6.62. The first-order valence-electron chi connectivity index (χ1n) is 7.18. The third-order valence-electron chi connectivity index (χ3n) is 3.40. The minimum absolute atomic E-state index is 0.229. The van der Waals surface area contributed by atoms with Crippen LogP contribution in [0.5, 0.6) is 0 Å². The molecule has 0 atom stereocenters. The van der Waals surface area contributed by atoms with Crippen molar-refractivity contribution >= 4 is 23.5 Å². The van der Waals surface area contributed by atoms with E-state index in [1.807, 2.05) is 55.6 Å². The zero-order chi connectivity index (χ0) is 16.2. The highest BCUT2D eigenvalue weighted by molar-refractivity contribution is 7.10. The van der Waals surface area contributed by atoms with Crippen molar-refractivity contribution in [3.05, 3.63) is 69.8 Å². The molecule has 0 radical (unpaired) electrons. The number of benzene rings is 1. The number of hydrogen-bond donors (Lipinski definition) is 1. The largest absolute Gasteiger partial charge is 0.460 e.